The Hall–Kier alpha value is -3.31. The van der Waals surface area contributed by atoms with E-state index in [0.717, 1.165) is 11.3 Å². The summed E-state index contributed by atoms with van der Waals surface area (Å²) >= 11 is 0. The average molecular weight is 289 g/mol. The van der Waals surface area contributed by atoms with Crippen molar-refractivity contribution in [3.8, 4) is 12.3 Å². The maximum absolute atomic E-state index is 8.89. The minimum atomic E-state index is -0.105. The average Bonchev–Trinajstić information content (AvgIpc) is 2.56. The number of nitrogens with zero attached hydrogens (tertiary/aromatic N) is 4. The Morgan fingerprint density at radius 1 is 1.09 bits per heavy atom. The van der Waals surface area contributed by atoms with E-state index in [1.165, 1.54) is 0 Å². The molecule has 0 aromatic heterocycles. The van der Waals surface area contributed by atoms with Crippen LogP contribution in [-0.4, -0.2) is 5.96 Å². The maximum atomic E-state index is 8.89. The van der Waals surface area contributed by atoms with Crippen LogP contribution in [0.4, 0.5) is 5.69 Å². The largest absolute Gasteiger partial charge is 0.369 e. The van der Waals surface area contributed by atoms with Gasteiger partial charge in [0.1, 0.15) is 0 Å². The van der Waals surface area contributed by atoms with Crippen LogP contribution in [0.2, 0.25) is 0 Å². The first kappa shape index (κ1) is 15.1. The van der Waals surface area contributed by atoms with Crippen molar-refractivity contribution in [2.75, 3.05) is 4.90 Å². The topological polar surface area (TPSA) is 89.2 Å². The first-order chi connectivity index (χ1) is 10.7. The summed E-state index contributed by atoms with van der Waals surface area (Å²) in [6.45, 7) is 1.98. The summed E-state index contributed by atoms with van der Waals surface area (Å²) in [5.74, 6) is 0.114. The van der Waals surface area contributed by atoms with Gasteiger partial charge in [-0.1, -0.05) is 30.3 Å². The molecule has 2 rings (SSSR count). The molecule has 0 heterocycles. The van der Waals surface area contributed by atoms with Gasteiger partial charge in [-0.05, 0) is 36.8 Å². The molecular formula is C17H15N5. The molecule has 0 amide bonds. The molecule has 2 aromatic carbocycles. The second-order valence-electron chi connectivity index (χ2n) is 4.69. The minimum Gasteiger partial charge on any atom is -0.369 e. The molecule has 0 spiro atoms. The Morgan fingerprint density at radius 2 is 1.73 bits per heavy atom. The van der Waals surface area contributed by atoms with Crippen molar-refractivity contribution in [1.82, 2.24) is 0 Å². The molecule has 0 aliphatic carbocycles. The first-order valence-electron chi connectivity index (χ1n) is 6.74. The third-order valence-corrected chi connectivity index (χ3v) is 3.36. The number of nitrogens with two attached hydrogens (primary N) is 1. The Labute approximate surface area is 129 Å². The number of benzene rings is 2. The Kier molecular flexibility index (Phi) is 4.74. The fourth-order valence-corrected chi connectivity index (χ4v) is 2.24. The van der Waals surface area contributed by atoms with Crippen LogP contribution < -0.4 is 10.6 Å². The van der Waals surface area contributed by atoms with Crippen LogP contribution in [0.1, 0.15) is 24.1 Å². The standard InChI is InChI=1S/C17H15N5/c1-13(15-5-3-2-4-6-15)22(17(20)21-12-19)16-9-7-14(11-18)8-10-16/h2-10,13H,1H3,(H2,20,21). The summed E-state index contributed by atoms with van der Waals surface area (Å²) < 4.78 is 0. The zero-order chi connectivity index (χ0) is 15.9. The number of guanidine groups is 1. The summed E-state index contributed by atoms with van der Waals surface area (Å²) in [6.07, 6.45) is 1.72. The van der Waals surface area contributed by atoms with E-state index in [9.17, 15) is 0 Å². The van der Waals surface area contributed by atoms with E-state index < -0.39 is 0 Å². The second kappa shape index (κ2) is 6.92. The third kappa shape index (κ3) is 3.23. The van der Waals surface area contributed by atoms with E-state index in [0.29, 0.717) is 5.56 Å². The Bertz CT molecular complexity index is 735. The summed E-state index contributed by atoms with van der Waals surface area (Å²) in [5.41, 5.74) is 8.33. The Balaban J connectivity index is 2.45. The summed E-state index contributed by atoms with van der Waals surface area (Å²) in [6, 6.07) is 18.8. The van der Waals surface area contributed by atoms with Crippen LogP contribution in [0.5, 0.6) is 0 Å². The van der Waals surface area contributed by atoms with Crippen LogP contribution in [0.25, 0.3) is 0 Å². The van der Waals surface area contributed by atoms with Gasteiger partial charge in [-0.2, -0.15) is 10.5 Å². The van der Waals surface area contributed by atoms with Crippen LogP contribution in [-0.2, 0) is 0 Å². The number of aliphatic imine (C=N–C) groups is 1. The van der Waals surface area contributed by atoms with Crippen LogP contribution in [0, 0.1) is 22.8 Å². The molecule has 1 unspecified atom stereocenters. The smallest absolute Gasteiger partial charge is 0.212 e. The normalized spacial score (nSPS) is 12.0. The SMILES string of the molecule is CC(c1ccccc1)N(C(N)=NC#N)c1ccc(C#N)cc1. The lowest BCUT2D eigenvalue weighted by molar-refractivity contribution is 0.787. The summed E-state index contributed by atoms with van der Waals surface area (Å²) in [4.78, 5) is 5.41. The molecule has 1 atom stereocenters. The lowest BCUT2D eigenvalue weighted by Gasteiger charge is -2.30. The molecule has 2 aromatic rings. The van der Waals surface area contributed by atoms with Gasteiger partial charge in [-0.25, -0.2) is 0 Å². The van der Waals surface area contributed by atoms with Crippen molar-refractivity contribution < 1.29 is 0 Å². The van der Waals surface area contributed by atoms with Gasteiger partial charge in [0.25, 0.3) is 0 Å². The minimum absolute atomic E-state index is 0.105. The molecule has 5 nitrogen and oxygen atoms in total. The maximum Gasteiger partial charge on any atom is 0.212 e. The number of nitriles is 2. The van der Waals surface area contributed by atoms with Gasteiger partial charge in [-0.15, -0.1) is 4.99 Å². The van der Waals surface area contributed by atoms with Gasteiger partial charge >= 0.3 is 0 Å². The fourth-order valence-electron chi connectivity index (χ4n) is 2.24. The molecule has 5 heteroatoms. The van der Waals surface area contributed by atoms with Crippen molar-refractivity contribution in [2.24, 2.45) is 10.7 Å². The predicted molar refractivity (Wildman–Crippen MR) is 85.7 cm³/mol. The van der Waals surface area contributed by atoms with E-state index in [4.69, 9.17) is 16.3 Å². The number of hydrogen-bond donors (Lipinski definition) is 1. The number of rotatable bonds is 3. The number of anilines is 1. The van der Waals surface area contributed by atoms with Crippen LogP contribution >= 0.6 is 0 Å². The summed E-state index contributed by atoms with van der Waals surface area (Å²) in [5, 5.41) is 17.7. The van der Waals surface area contributed by atoms with Crippen molar-refractivity contribution in [3.63, 3.8) is 0 Å². The second-order valence-corrected chi connectivity index (χ2v) is 4.69. The highest BCUT2D eigenvalue weighted by atomic mass is 15.3. The molecule has 0 radical (unpaired) electrons. The Morgan fingerprint density at radius 3 is 2.27 bits per heavy atom. The summed E-state index contributed by atoms with van der Waals surface area (Å²) in [7, 11) is 0. The molecule has 2 N–H and O–H groups in total. The van der Waals surface area contributed by atoms with E-state index >= 15 is 0 Å². The van der Waals surface area contributed by atoms with Gasteiger partial charge in [-0.3, -0.25) is 0 Å². The lowest BCUT2D eigenvalue weighted by Crippen LogP contribution is -2.39. The highest BCUT2D eigenvalue weighted by molar-refractivity contribution is 5.96. The zero-order valence-corrected chi connectivity index (χ0v) is 12.1. The molecule has 0 saturated carbocycles. The van der Waals surface area contributed by atoms with E-state index in [2.05, 4.69) is 11.1 Å². The molecule has 108 valence electrons. The molecule has 0 aliphatic heterocycles. The van der Waals surface area contributed by atoms with E-state index in [-0.39, 0.29) is 12.0 Å². The molecule has 0 saturated heterocycles. The van der Waals surface area contributed by atoms with Gasteiger partial charge < -0.3 is 10.6 Å². The van der Waals surface area contributed by atoms with Crippen molar-refractivity contribution in [2.45, 2.75) is 13.0 Å². The van der Waals surface area contributed by atoms with Crippen LogP contribution in [0.3, 0.4) is 0 Å². The van der Waals surface area contributed by atoms with Crippen molar-refractivity contribution >= 4 is 11.6 Å². The predicted octanol–water partition coefficient (Wildman–Crippen LogP) is 2.92. The highest BCUT2D eigenvalue weighted by Gasteiger charge is 2.20. The monoisotopic (exact) mass is 289 g/mol. The molecule has 0 bridgehead atoms. The molecular weight excluding hydrogens is 274 g/mol. The van der Waals surface area contributed by atoms with Crippen molar-refractivity contribution in [1.29, 1.82) is 10.5 Å². The van der Waals surface area contributed by atoms with Gasteiger partial charge in [0.2, 0.25) is 12.2 Å². The van der Waals surface area contributed by atoms with Crippen molar-refractivity contribution in [3.05, 3.63) is 65.7 Å². The molecule has 0 fully saturated rings. The third-order valence-electron chi connectivity index (χ3n) is 3.36. The lowest BCUT2D eigenvalue weighted by atomic mass is 10.1. The molecule has 0 aliphatic rings. The number of hydrogen-bond acceptors (Lipinski definition) is 3. The first-order valence-corrected chi connectivity index (χ1v) is 6.74. The quantitative estimate of drug-likeness (QED) is 0.534. The van der Waals surface area contributed by atoms with Gasteiger partial charge in [0, 0.05) is 5.69 Å². The van der Waals surface area contributed by atoms with E-state index in [1.54, 1.807) is 35.4 Å². The fraction of sp³-hybridized carbons (Fsp3) is 0.118. The molecule has 22 heavy (non-hydrogen) atoms. The van der Waals surface area contributed by atoms with Crippen LogP contribution in [0.15, 0.2) is 59.6 Å². The highest BCUT2D eigenvalue weighted by Crippen LogP contribution is 2.26. The van der Waals surface area contributed by atoms with E-state index in [1.807, 2.05) is 37.3 Å². The van der Waals surface area contributed by atoms with Gasteiger partial charge in [0.15, 0.2) is 0 Å². The van der Waals surface area contributed by atoms with Gasteiger partial charge in [0.05, 0.1) is 17.7 Å². The zero-order valence-electron chi connectivity index (χ0n) is 12.1.